The van der Waals surface area contributed by atoms with Crippen LogP contribution in [0.4, 0.5) is 11.6 Å². The van der Waals surface area contributed by atoms with Gasteiger partial charge in [-0.1, -0.05) is 133 Å². The van der Waals surface area contributed by atoms with Crippen LogP contribution in [-0.4, -0.2) is 11.1 Å². The summed E-state index contributed by atoms with van der Waals surface area (Å²) in [7, 11) is 0. The Balaban J connectivity index is 1.02. The summed E-state index contributed by atoms with van der Waals surface area (Å²) >= 11 is 0. The lowest BCUT2D eigenvalue weighted by Crippen LogP contribution is -2.31. The molecule has 0 spiro atoms. The number of anilines is 2. The molecule has 4 nitrogen and oxygen atoms in total. The van der Waals surface area contributed by atoms with Crippen LogP contribution < -0.4 is 10.2 Å². The average Bonchev–Trinajstić information content (AvgIpc) is 3.88. The minimum atomic E-state index is -0.505. The summed E-state index contributed by atoms with van der Waals surface area (Å²) in [6, 6.07) is 57.3. The van der Waals surface area contributed by atoms with Crippen molar-refractivity contribution in [1.82, 2.24) is 4.98 Å². The molecule has 0 amide bonds. The van der Waals surface area contributed by atoms with Crippen molar-refractivity contribution >= 4 is 28.1 Å². The van der Waals surface area contributed by atoms with Gasteiger partial charge in [-0.25, -0.2) is 0 Å². The number of rotatable bonds is 5. The zero-order valence-electron chi connectivity index (χ0n) is 28.8. The third-order valence-electron chi connectivity index (χ3n) is 11.2. The largest absolute Gasteiger partial charge is 0.438 e. The first-order valence-corrected chi connectivity index (χ1v) is 18.1. The molecular weight excluding hydrogens is 647 g/mol. The van der Waals surface area contributed by atoms with Gasteiger partial charge in [-0.05, 0) is 103 Å². The van der Waals surface area contributed by atoms with E-state index in [1.807, 2.05) is 30.6 Å². The third-order valence-corrected chi connectivity index (χ3v) is 11.2. The molecule has 0 saturated heterocycles. The van der Waals surface area contributed by atoms with E-state index in [0.717, 1.165) is 44.8 Å². The van der Waals surface area contributed by atoms with Crippen molar-refractivity contribution in [3.63, 3.8) is 0 Å². The number of para-hydroxylation sites is 1. The normalized spacial score (nSPS) is 16.0. The van der Waals surface area contributed by atoms with Gasteiger partial charge in [0.05, 0.1) is 5.41 Å². The van der Waals surface area contributed by atoms with Gasteiger partial charge in [-0.3, -0.25) is 9.88 Å². The predicted octanol–water partition coefficient (Wildman–Crippen LogP) is 11.7. The van der Waals surface area contributed by atoms with Crippen molar-refractivity contribution in [2.45, 2.75) is 11.6 Å². The molecule has 0 saturated carbocycles. The van der Waals surface area contributed by atoms with Crippen LogP contribution in [0.5, 0.6) is 0 Å². The SMILES string of the molecule is C1=CC2Nc3c(oc4ccccc34)N2C=C1c1ccc(-c2ccc3c(c2)C(c2ccccc2)(c2ccccc2)c2cc(-c4cccnc4)ccc2-3)cc1. The Hall–Kier alpha value is -6.91. The van der Waals surface area contributed by atoms with E-state index in [1.165, 1.54) is 44.5 Å². The number of furan rings is 1. The highest BCUT2D eigenvalue weighted by molar-refractivity contribution is 6.01. The Kier molecular flexibility index (Phi) is 6.49. The average molecular weight is 680 g/mol. The van der Waals surface area contributed by atoms with E-state index < -0.39 is 5.41 Å². The van der Waals surface area contributed by atoms with Crippen LogP contribution in [0, 0.1) is 0 Å². The molecule has 2 aromatic heterocycles. The molecular formula is C49H33N3O. The molecule has 0 bridgehead atoms. The second-order valence-corrected chi connectivity index (χ2v) is 14.0. The van der Waals surface area contributed by atoms with Gasteiger partial charge in [-0.15, -0.1) is 0 Å². The zero-order chi connectivity index (χ0) is 34.9. The smallest absolute Gasteiger partial charge is 0.226 e. The highest BCUT2D eigenvalue weighted by Gasteiger charge is 2.46. The maximum atomic E-state index is 6.29. The quantitative estimate of drug-likeness (QED) is 0.197. The van der Waals surface area contributed by atoms with Gasteiger partial charge in [0.1, 0.15) is 17.4 Å². The maximum absolute atomic E-state index is 6.29. The van der Waals surface area contributed by atoms with E-state index in [9.17, 15) is 0 Å². The number of pyridine rings is 1. The van der Waals surface area contributed by atoms with Crippen LogP contribution in [0.2, 0.25) is 0 Å². The molecule has 1 unspecified atom stereocenters. The highest BCUT2D eigenvalue weighted by Crippen LogP contribution is 2.57. The summed E-state index contributed by atoms with van der Waals surface area (Å²) in [5.74, 6) is 0.863. The van der Waals surface area contributed by atoms with Crippen LogP contribution >= 0.6 is 0 Å². The van der Waals surface area contributed by atoms with E-state index in [4.69, 9.17) is 4.42 Å². The number of benzene rings is 6. The number of nitrogens with one attached hydrogen (secondary N) is 1. The van der Waals surface area contributed by atoms with Crippen molar-refractivity contribution in [1.29, 1.82) is 0 Å². The van der Waals surface area contributed by atoms with Gasteiger partial charge in [0.2, 0.25) is 5.88 Å². The molecule has 4 heteroatoms. The lowest BCUT2D eigenvalue weighted by molar-refractivity contribution is 0.608. The molecule has 4 heterocycles. The van der Waals surface area contributed by atoms with Crippen molar-refractivity contribution in [2.24, 2.45) is 0 Å². The van der Waals surface area contributed by atoms with Crippen molar-refractivity contribution in [3.05, 3.63) is 216 Å². The van der Waals surface area contributed by atoms with Gasteiger partial charge in [0, 0.05) is 24.0 Å². The molecule has 6 aromatic carbocycles. The number of hydrogen-bond donors (Lipinski definition) is 1. The molecule has 53 heavy (non-hydrogen) atoms. The van der Waals surface area contributed by atoms with Gasteiger partial charge in [-0.2, -0.15) is 0 Å². The first-order chi connectivity index (χ1) is 26.3. The fourth-order valence-corrected chi connectivity index (χ4v) is 8.77. The molecule has 11 rings (SSSR count). The summed E-state index contributed by atoms with van der Waals surface area (Å²) < 4.78 is 6.29. The van der Waals surface area contributed by atoms with E-state index in [0.29, 0.717) is 0 Å². The van der Waals surface area contributed by atoms with Gasteiger partial charge in [0.15, 0.2) is 0 Å². The van der Waals surface area contributed by atoms with Crippen LogP contribution in [0.3, 0.4) is 0 Å². The summed E-state index contributed by atoms with van der Waals surface area (Å²) in [6.45, 7) is 0. The number of nitrogens with zero attached hydrogens (tertiary/aromatic N) is 2. The predicted molar refractivity (Wildman–Crippen MR) is 216 cm³/mol. The topological polar surface area (TPSA) is 41.3 Å². The first-order valence-electron chi connectivity index (χ1n) is 18.1. The molecule has 0 fully saturated rings. The zero-order valence-corrected chi connectivity index (χ0v) is 28.8. The minimum absolute atomic E-state index is 0.0434. The van der Waals surface area contributed by atoms with Crippen molar-refractivity contribution in [2.75, 3.05) is 10.2 Å². The fraction of sp³-hybridized carbons (Fsp3) is 0.0408. The lowest BCUT2D eigenvalue weighted by Gasteiger charge is -2.34. The Morgan fingerprint density at radius 1 is 0.585 bits per heavy atom. The second kappa shape index (κ2) is 11.6. The highest BCUT2D eigenvalue weighted by atomic mass is 16.4. The number of hydrogen-bond acceptors (Lipinski definition) is 4. The summed E-state index contributed by atoms with van der Waals surface area (Å²) in [4.78, 5) is 6.64. The Bertz CT molecular complexity index is 2710. The standard InChI is InChI=1S/C49H33N3O/c1-3-11-38(12-4-1)49(39-13-5-2-6-14-39)43-28-34(21-24-40(43)41-25-22-35(29-44(41)49)36-10-9-27-50-30-36)32-17-19-33(20-18-32)37-23-26-46-51-47-42-15-7-8-16-45(42)53-48(47)52(46)31-37/h1-31,46,51H. The van der Waals surface area contributed by atoms with E-state index in [2.05, 4.69) is 173 Å². The van der Waals surface area contributed by atoms with Crippen molar-refractivity contribution < 1.29 is 4.42 Å². The fourth-order valence-electron chi connectivity index (χ4n) is 8.77. The Morgan fingerprint density at radius 3 is 1.89 bits per heavy atom. The molecule has 1 aliphatic carbocycles. The lowest BCUT2D eigenvalue weighted by atomic mass is 9.67. The monoisotopic (exact) mass is 679 g/mol. The van der Waals surface area contributed by atoms with E-state index >= 15 is 0 Å². The van der Waals surface area contributed by atoms with Gasteiger partial charge in [0.25, 0.3) is 0 Å². The summed E-state index contributed by atoms with van der Waals surface area (Å²) in [6.07, 6.45) is 10.4. The van der Waals surface area contributed by atoms with E-state index in [-0.39, 0.29) is 6.17 Å². The molecule has 3 aliphatic rings. The molecule has 8 aromatic rings. The maximum Gasteiger partial charge on any atom is 0.226 e. The van der Waals surface area contributed by atoms with Crippen LogP contribution in [-0.2, 0) is 5.41 Å². The summed E-state index contributed by atoms with van der Waals surface area (Å²) in [5.41, 5.74) is 16.0. The van der Waals surface area contributed by atoms with Gasteiger partial charge >= 0.3 is 0 Å². The van der Waals surface area contributed by atoms with E-state index in [1.54, 1.807) is 0 Å². The number of fused-ring (bicyclic) bond motifs is 8. The summed E-state index contributed by atoms with van der Waals surface area (Å²) in [5, 5.41) is 4.74. The van der Waals surface area contributed by atoms with Crippen LogP contribution in [0.25, 0.3) is 49.9 Å². The molecule has 1 atom stereocenters. The number of aromatic nitrogens is 1. The minimum Gasteiger partial charge on any atom is -0.438 e. The molecule has 0 radical (unpaired) electrons. The Labute approximate surface area is 308 Å². The van der Waals surface area contributed by atoms with Crippen LogP contribution in [0.15, 0.2) is 193 Å². The molecule has 250 valence electrons. The van der Waals surface area contributed by atoms with Crippen LogP contribution in [0.1, 0.15) is 27.8 Å². The molecule has 2 aliphatic heterocycles. The first kappa shape index (κ1) is 29.8. The van der Waals surface area contributed by atoms with Gasteiger partial charge < -0.3 is 9.73 Å². The number of allylic oxidation sites excluding steroid dienone is 2. The van der Waals surface area contributed by atoms with Crippen molar-refractivity contribution in [3.8, 4) is 33.4 Å². The molecule has 1 N–H and O–H groups in total. The third kappa shape index (κ3) is 4.45. The second-order valence-electron chi connectivity index (χ2n) is 14.0. The Morgan fingerprint density at radius 2 is 1.21 bits per heavy atom.